The van der Waals surface area contributed by atoms with Gasteiger partial charge in [-0.15, -0.1) is 0 Å². The lowest BCUT2D eigenvalue weighted by atomic mass is 10.1. The summed E-state index contributed by atoms with van der Waals surface area (Å²) in [6, 6.07) is 1.98. The summed E-state index contributed by atoms with van der Waals surface area (Å²) in [6.45, 7) is 0.257. The van der Waals surface area contributed by atoms with Gasteiger partial charge in [0.2, 0.25) is 5.91 Å². The van der Waals surface area contributed by atoms with E-state index in [1.165, 1.54) is 18.1 Å². The molecule has 0 atom stereocenters. The van der Waals surface area contributed by atoms with E-state index < -0.39 is 28.9 Å². The van der Waals surface area contributed by atoms with Gasteiger partial charge in [-0.1, -0.05) is 0 Å². The molecule has 106 valence electrons. The van der Waals surface area contributed by atoms with Crippen molar-refractivity contribution in [3.8, 4) is 0 Å². The number of methoxy groups -OCH3 is 1. The van der Waals surface area contributed by atoms with Crippen LogP contribution >= 0.6 is 0 Å². The molecule has 3 rings (SSSR count). The number of rotatable bonds is 2. The van der Waals surface area contributed by atoms with Crippen LogP contribution in [0.3, 0.4) is 0 Å². The smallest absolute Gasteiger partial charge is 0.321 e. The number of carbonyl (C=O) groups is 2. The average molecular weight is 281 g/mol. The third-order valence-electron chi connectivity index (χ3n) is 3.96. The molecule has 0 radical (unpaired) electrons. The highest BCUT2D eigenvalue weighted by Crippen LogP contribution is 2.50. The SMILES string of the molecule is COC(=O)C1(C(=O)N2CCc3cc(F)cc(F)c32)CC1. The van der Waals surface area contributed by atoms with Gasteiger partial charge in [0, 0.05) is 12.6 Å². The molecule has 20 heavy (non-hydrogen) atoms. The normalized spacial score (nSPS) is 18.6. The molecule has 0 N–H and O–H groups in total. The Morgan fingerprint density at radius 2 is 2.00 bits per heavy atom. The predicted molar refractivity (Wildman–Crippen MR) is 66.1 cm³/mol. The van der Waals surface area contributed by atoms with Gasteiger partial charge in [-0.25, -0.2) is 8.78 Å². The fourth-order valence-corrected chi connectivity index (χ4v) is 2.74. The molecule has 0 saturated heterocycles. The van der Waals surface area contributed by atoms with Crippen molar-refractivity contribution in [1.29, 1.82) is 0 Å². The zero-order chi connectivity index (χ0) is 14.5. The summed E-state index contributed by atoms with van der Waals surface area (Å²) in [7, 11) is 1.23. The van der Waals surface area contributed by atoms with Gasteiger partial charge >= 0.3 is 5.97 Å². The summed E-state index contributed by atoms with van der Waals surface area (Å²) >= 11 is 0. The van der Waals surface area contributed by atoms with Crippen LogP contribution in [0.1, 0.15) is 18.4 Å². The first-order chi connectivity index (χ1) is 9.49. The number of hydrogen-bond donors (Lipinski definition) is 0. The first-order valence-corrected chi connectivity index (χ1v) is 6.38. The van der Waals surface area contributed by atoms with E-state index >= 15 is 0 Å². The maximum Gasteiger partial charge on any atom is 0.321 e. The van der Waals surface area contributed by atoms with Gasteiger partial charge in [-0.3, -0.25) is 9.59 Å². The Bertz CT molecular complexity index is 611. The summed E-state index contributed by atoms with van der Waals surface area (Å²) in [5, 5.41) is 0. The van der Waals surface area contributed by atoms with E-state index in [-0.39, 0.29) is 12.2 Å². The second kappa shape index (κ2) is 4.26. The fourth-order valence-electron chi connectivity index (χ4n) is 2.74. The quantitative estimate of drug-likeness (QED) is 0.613. The van der Waals surface area contributed by atoms with Crippen molar-refractivity contribution in [2.24, 2.45) is 5.41 Å². The minimum Gasteiger partial charge on any atom is -0.468 e. The van der Waals surface area contributed by atoms with E-state index in [1.54, 1.807) is 0 Å². The first-order valence-electron chi connectivity index (χ1n) is 6.38. The van der Waals surface area contributed by atoms with Crippen LogP contribution in [0.2, 0.25) is 0 Å². The standard InChI is InChI=1S/C14H13F2NO3/c1-20-13(19)14(3-4-14)12(18)17-5-2-8-6-9(15)7-10(16)11(8)17/h6-7H,2-5H2,1H3. The molecule has 4 nitrogen and oxygen atoms in total. The number of nitrogens with zero attached hydrogens (tertiary/aromatic N) is 1. The molecule has 1 fully saturated rings. The van der Waals surface area contributed by atoms with Crippen LogP contribution < -0.4 is 4.90 Å². The highest BCUT2D eigenvalue weighted by molar-refractivity contribution is 6.13. The van der Waals surface area contributed by atoms with Crippen molar-refractivity contribution in [3.05, 3.63) is 29.3 Å². The second-order valence-corrected chi connectivity index (χ2v) is 5.18. The molecule has 1 heterocycles. The Hall–Kier alpha value is -1.98. The number of halogens is 2. The Balaban J connectivity index is 1.96. The van der Waals surface area contributed by atoms with Crippen molar-refractivity contribution in [1.82, 2.24) is 0 Å². The number of esters is 1. The molecule has 6 heteroatoms. The van der Waals surface area contributed by atoms with Crippen LogP contribution in [0.5, 0.6) is 0 Å². The summed E-state index contributed by atoms with van der Waals surface area (Å²) in [5.41, 5.74) is -0.625. The number of anilines is 1. The number of amides is 1. The van der Waals surface area contributed by atoms with Crippen molar-refractivity contribution in [2.75, 3.05) is 18.6 Å². The Morgan fingerprint density at radius 3 is 2.60 bits per heavy atom. The van der Waals surface area contributed by atoms with E-state index in [0.717, 1.165) is 6.07 Å². The maximum absolute atomic E-state index is 13.9. The van der Waals surface area contributed by atoms with Gasteiger partial charge < -0.3 is 9.64 Å². The lowest BCUT2D eigenvalue weighted by Gasteiger charge is -2.22. The second-order valence-electron chi connectivity index (χ2n) is 5.18. The molecule has 1 aromatic rings. The largest absolute Gasteiger partial charge is 0.468 e. The number of carbonyl (C=O) groups excluding carboxylic acids is 2. The van der Waals surface area contributed by atoms with Crippen molar-refractivity contribution < 1.29 is 23.1 Å². The Morgan fingerprint density at radius 1 is 1.30 bits per heavy atom. The number of benzene rings is 1. The summed E-state index contributed by atoms with van der Waals surface area (Å²) in [5.74, 6) is -2.47. The van der Waals surface area contributed by atoms with Gasteiger partial charge in [0.15, 0.2) is 0 Å². The minimum atomic E-state index is -1.17. The highest BCUT2D eigenvalue weighted by Gasteiger charge is 2.60. The van der Waals surface area contributed by atoms with Crippen LogP contribution in [0.4, 0.5) is 14.5 Å². The van der Waals surface area contributed by atoms with E-state index in [0.29, 0.717) is 24.8 Å². The van der Waals surface area contributed by atoms with Gasteiger partial charge in [0.25, 0.3) is 0 Å². The number of ether oxygens (including phenoxy) is 1. The molecule has 1 saturated carbocycles. The monoisotopic (exact) mass is 281 g/mol. The zero-order valence-electron chi connectivity index (χ0n) is 10.9. The molecular weight excluding hydrogens is 268 g/mol. The van der Waals surface area contributed by atoms with Gasteiger partial charge in [-0.05, 0) is 30.9 Å². The predicted octanol–water partition coefficient (Wildman–Crippen LogP) is 1.81. The molecular formula is C14H13F2NO3. The summed E-state index contributed by atoms with van der Waals surface area (Å²) in [4.78, 5) is 25.5. The van der Waals surface area contributed by atoms with Crippen molar-refractivity contribution >= 4 is 17.6 Å². The van der Waals surface area contributed by atoms with Crippen molar-refractivity contribution in [2.45, 2.75) is 19.3 Å². The number of fused-ring (bicyclic) bond motifs is 1. The van der Waals surface area contributed by atoms with Crippen LogP contribution in [0.25, 0.3) is 0 Å². The van der Waals surface area contributed by atoms with E-state index in [4.69, 9.17) is 0 Å². The molecule has 2 aliphatic rings. The van der Waals surface area contributed by atoms with E-state index in [1.807, 2.05) is 0 Å². The van der Waals surface area contributed by atoms with Crippen LogP contribution in [-0.2, 0) is 20.7 Å². The van der Waals surface area contributed by atoms with Crippen molar-refractivity contribution in [3.63, 3.8) is 0 Å². The van der Waals surface area contributed by atoms with Gasteiger partial charge in [-0.2, -0.15) is 0 Å². The van der Waals surface area contributed by atoms with E-state index in [9.17, 15) is 18.4 Å². The highest BCUT2D eigenvalue weighted by atomic mass is 19.1. The summed E-state index contributed by atoms with van der Waals surface area (Å²) in [6.07, 6.45) is 1.20. The molecule has 1 aliphatic heterocycles. The zero-order valence-corrected chi connectivity index (χ0v) is 10.9. The molecule has 1 aromatic carbocycles. The van der Waals surface area contributed by atoms with Crippen LogP contribution in [-0.4, -0.2) is 25.5 Å². The third-order valence-corrected chi connectivity index (χ3v) is 3.96. The lowest BCUT2D eigenvalue weighted by molar-refractivity contribution is -0.151. The van der Waals surface area contributed by atoms with E-state index in [2.05, 4.69) is 4.74 Å². The maximum atomic E-state index is 13.9. The number of hydrogen-bond acceptors (Lipinski definition) is 3. The molecule has 0 unspecified atom stereocenters. The topological polar surface area (TPSA) is 46.6 Å². The van der Waals surface area contributed by atoms with Gasteiger partial charge in [0.1, 0.15) is 17.0 Å². The summed E-state index contributed by atoms with van der Waals surface area (Å²) < 4.78 is 31.7. The minimum absolute atomic E-state index is 0.0894. The third kappa shape index (κ3) is 1.71. The van der Waals surface area contributed by atoms with Crippen LogP contribution in [0.15, 0.2) is 12.1 Å². The Kier molecular flexibility index (Phi) is 2.77. The fraction of sp³-hybridized carbons (Fsp3) is 0.429. The molecule has 0 aromatic heterocycles. The molecule has 0 bridgehead atoms. The average Bonchev–Trinajstić information content (AvgIpc) is 3.11. The van der Waals surface area contributed by atoms with Crippen LogP contribution in [0, 0.1) is 17.0 Å². The molecule has 1 amide bonds. The molecule has 1 aliphatic carbocycles. The van der Waals surface area contributed by atoms with Gasteiger partial charge in [0.05, 0.1) is 12.8 Å². The first kappa shape index (κ1) is 13.0. The lowest BCUT2D eigenvalue weighted by Crippen LogP contribution is -2.41. The molecule has 0 spiro atoms. The Labute approximate surface area is 114 Å².